The molecule has 5 nitrogen and oxygen atoms in total. The number of carbonyl (C=O) groups excluding carboxylic acids is 2. The second kappa shape index (κ2) is 8.81. The monoisotopic (exact) mass is 480 g/mol. The third-order valence-corrected chi connectivity index (χ3v) is 8.52. The van der Waals surface area contributed by atoms with Crippen LogP contribution in [-0.2, 0) is 14.9 Å². The van der Waals surface area contributed by atoms with Crippen molar-refractivity contribution in [3.05, 3.63) is 107 Å². The topological polar surface area (TPSA) is 58.6 Å². The first-order chi connectivity index (χ1) is 17.6. The van der Waals surface area contributed by atoms with Gasteiger partial charge in [-0.2, -0.15) is 0 Å². The Morgan fingerprint density at radius 1 is 0.972 bits per heavy atom. The Hall–Kier alpha value is -3.60. The summed E-state index contributed by atoms with van der Waals surface area (Å²) in [5.74, 6) is 0.713. The average molecular weight is 481 g/mol. The number of hydrogen-bond acceptors (Lipinski definition) is 3. The molecule has 6 rings (SSSR count). The fraction of sp³-hybridized carbons (Fsp3) is 0.355. The van der Waals surface area contributed by atoms with Crippen molar-refractivity contribution in [2.45, 2.75) is 50.5 Å². The van der Waals surface area contributed by atoms with E-state index in [0.717, 1.165) is 37.0 Å². The van der Waals surface area contributed by atoms with Crippen molar-refractivity contribution in [3.63, 3.8) is 0 Å². The molecule has 2 aromatic rings. The molecule has 0 spiro atoms. The van der Waals surface area contributed by atoms with Gasteiger partial charge in [-0.3, -0.25) is 4.79 Å². The molecule has 4 aliphatic rings. The van der Waals surface area contributed by atoms with Crippen LogP contribution < -0.4 is 5.32 Å². The van der Waals surface area contributed by atoms with Crippen LogP contribution in [0.2, 0.25) is 0 Å². The number of imide groups is 1. The molecule has 0 aromatic heterocycles. The summed E-state index contributed by atoms with van der Waals surface area (Å²) in [5.41, 5.74) is 4.14. The van der Waals surface area contributed by atoms with Crippen molar-refractivity contribution < 1.29 is 14.3 Å². The predicted molar refractivity (Wildman–Crippen MR) is 139 cm³/mol. The number of rotatable bonds is 4. The highest BCUT2D eigenvalue weighted by Gasteiger charge is 2.68. The number of hydrogen-bond donors (Lipinski definition) is 1. The lowest BCUT2D eigenvalue weighted by Crippen LogP contribution is -2.46. The quantitative estimate of drug-likeness (QED) is 0.597. The maximum atomic E-state index is 13.5. The van der Waals surface area contributed by atoms with Gasteiger partial charge in [0.25, 0.3) is 5.91 Å². The standard InChI is InChI=1S/C31H32N2O3/c1-20-24-18-27(36-2)28-25(31(28,21-12-6-3-7-13-21)22-14-8-4-9-15-22)19-26(24)33(29(20)34)30(35)32-23-16-10-5-11-17-23/h3-4,6-9,12-15,18-19,23,25,28H,5,10-11,16-17H2,1-2H3,(H,32,35)/t25-,28-/m0/s1. The van der Waals surface area contributed by atoms with Gasteiger partial charge in [0.1, 0.15) is 5.76 Å². The van der Waals surface area contributed by atoms with Crippen LogP contribution in [-0.4, -0.2) is 30.0 Å². The summed E-state index contributed by atoms with van der Waals surface area (Å²) in [6.07, 6.45) is 9.52. The molecule has 3 amide bonds. The maximum absolute atomic E-state index is 13.5. The van der Waals surface area contributed by atoms with Crippen LogP contribution in [0.5, 0.6) is 0 Å². The van der Waals surface area contributed by atoms with Crippen LogP contribution in [0.3, 0.4) is 0 Å². The zero-order chi connectivity index (χ0) is 24.9. The summed E-state index contributed by atoms with van der Waals surface area (Å²) in [7, 11) is 1.70. The minimum Gasteiger partial charge on any atom is -0.501 e. The minimum absolute atomic E-state index is 0.0460. The van der Waals surface area contributed by atoms with Crippen molar-refractivity contribution >= 4 is 11.9 Å². The number of allylic oxidation sites excluding steroid dienone is 3. The molecule has 1 heterocycles. The lowest BCUT2D eigenvalue weighted by atomic mass is 9.83. The zero-order valence-corrected chi connectivity index (χ0v) is 20.9. The van der Waals surface area contributed by atoms with Crippen LogP contribution in [0.4, 0.5) is 4.79 Å². The van der Waals surface area contributed by atoms with E-state index in [9.17, 15) is 9.59 Å². The molecule has 0 saturated heterocycles. The summed E-state index contributed by atoms with van der Waals surface area (Å²) in [4.78, 5) is 28.2. The molecule has 3 aliphatic carbocycles. The number of benzene rings is 2. The van der Waals surface area contributed by atoms with E-state index in [1.165, 1.54) is 22.4 Å². The van der Waals surface area contributed by atoms with E-state index in [-0.39, 0.29) is 35.2 Å². The molecule has 5 heteroatoms. The van der Waals surface area contributed by atoms with E-state index in [1.54, 1.807) is 7.11 Å². The molecule has 36 heavy (non-hydrogen) atoms. The van der Waals surface area contributed by atoms with Crippen LogP contribution in [0, 0.1) is 11.8 Å². The Bertz CT molecular complexity index is 1250. The van der Waals surface area contributed by atoms with Gasteiger partial charge in [0.15, 0.2) is 0 Å². The second-order valence-electron chi connectivity index (χ2n) is 10.4. The average Bonchev–Trinajstić information content (AvgIpc) is 3.55. The van der Waals surface area contributed by atoms with Crippen molar-refractivity contribution in [1.29, 1.82) is 0 Å². The maximum Gasteiger partial charge on any atom is 0.329 e. The molecule has 1 N–H and O–H groups in total. The first-order valence-corrected chi connectivity index (χ1v) is 13.0. The predicted octanol–water partition coefficient (Wildman–Crippen LogP) is 5.85. The number of nitrogens with zero attached hydrogens (tertiary/aromatic N) is 1. The van der Waals surface area contributed by atoms with Crippen molar-refractivity contribution in [1.82, 2.24) is 10.2 Å². The number of ether oxygens (including phenoxy) is 1. The van der Waals surface area contributed by atoms with Gasteiger partial charge in [-0.15, -0.1) is 0 Å². The molecule has 0 unspecified atom stereocenters. The van der Waals surface area contributed by atoms with Gasteiger partial charge in [0.2, 0.25) is 0 Å². The lowest BCUT2D eigenvalue weighted by Gasteiger charge is -2.26. The third kappa shape index (κ3) is 3.36. The summed E-state index contributed by atoms with van der Waals surface area (Å²) in [6, 6.07) is 20.8. The Balaban J connectivity index is 1.46. The van der Waals surface area contributed by atoms with Gasteiger partial charge in [0, 0.05) is 34.4 Å². The van der Waals surface area contributed by atoms with Gasteiger partial charge >= 0.3 is 6.03 Å². The fourth-order valence-electron chi connectivity index (χ4n) is 6.71. The van der Waals surface area contributed by atoms with Crippen LogP contribution >= 0.6 is 0 Å². The van der Waals surface area contributed by atoms with Gasteiger partial charge < -0.3 is 10.1 Å². The molecule has 1 aliphatic heterocycles. The van der Waals surface area contributed by atoms with Crippen molar-refractivity contribution in [2.75, 3.05) is 7.11 Å². The number of urea groups is 1. The molecular formula is C31H32N2O3. The van der Waals surface area contributed by atoms with Gasteiger partial charge in [-0.25, -0.2) is 9.69 Å². The third-order valence-electron chi connectivity index (χ3n) is 8.52. The molecule has 2 saturated carbocycles. The summed E-state index contributed by atoms with van der Waals surface area (Å²) < 4.78 is 6.00. The molecule has 184 valence electrons. The fourth-order valence-corrected chi connectivity index (χ4v) is 6.71. The van der Waals surface area contributed by atoms with Gasteiger partial charge in [-0.1, -0.05) is 86.0 Å². The van der Waals surface area contributed by atoms with E-state index in [0.29, 0.717) is 11.3 Å². The molecule has 0 radical (unpaired) electrons. The Kier molecular flexibility index (Phi) is 5.59. The van der Waals surface area contributed by atoms with E-state index < -0.39 is 0 Å². The number of methoxy groups -OCH3 is 1. The SMILES string of the molecule is COC1=CC2=C(C)C(=O)N(C(=O)NC3CCCCC3)C2=C[C@H]2[C@@H]1C2(c1ccccc1)c1ccccc1. The van der Waals surface area contributed by atoms with E-state index >= 15 is 0 Å². The minimum atomic E-state index is -0.325. The number of fused-ring (bicyclic) bond motifs is 2. The molecule has 2 aromatic carbocycles. The van der Waals surface area contributed by atoms with Crippen LogP contribution in [0.1, 0.15) is 50.2 Å². The highest BCUT2D eigenvalue weighted by atomic mass is 16.5. The van der Waals surface area contributed by atoms with Gasteiger partial charge in [0.05, 0.1) is 12.8 Å². The largest absolute Gasteiger partial charge is 0.501 e. The van der Waals surface area contributed by atoms with Gasteiger partial charge in [-0.05, 0) is 37.0 Å². The normalized spacial score (nSPS) is 24.8. The second-order valence-corrected chi connectivity index (χ2v) is 10.4. The summed E-state index contributed by atoms with van der Waals surface area (Å²) >= 11 is 0. The Morgan fingerprint density at radius 2 is 1.58 bits per heavy atom. The van der Waals surface area contributed by atoms with E-state index in [1.807, 2.05) is 25.1 Å². The Labute approximate surface area is 212 Å². The number of nitrogens with one attached hydrogen (secondary N) is 1. The smallest absolute Gasteiger partial charge is 0.329 e. The summed E-state index contributed by atoms with van der Waals surface area (Å²) in [5, 5.41) is 3.15. The first kappa shape index (κ1) is 22.8. The van der Waals surface area contributed by atoms with Crippen LogP contribution in [0.25, 0.3) is 0 Å². The van der Waals surface area contributed by atoms with Crippen molar-refractivity contribution in [3.8, 4) is 0 Å². The molecule has 0 bridgehead atoms. The highest BCUT2D eigenvalue weighted by molar-refractivity contribution is 6.10. The van der Waals surface area contributed by atoms with Crippen LogP contribution in [0.15, 0.2) is 95.4 Å². The molecule has 2 fully saturated rings. The van der Waals surface area contributed by atoms with Crippen molar-refractivity contribution in [2.24, 2.45) is 11.8 Å². The summed E-state index contributed by atoms with van der Waals surface area (Å²) in [6.45, 7) is 1.81. The van der Waals surface area contributed by atoms with E-state index in [4.69, 9.17) is 4.74 Å². The number of amides is 3. The van der Waals surface area contributed by atoms with E-state index in [2.05, 4.69) is 59.9 Å². The first-order valence-electron chi connectivity index (χ1n) is 13.0. The lowest BCUT2D eigenvalue weighted by molar-refractivity contribution is -0.122. The Morgan fingerprint density at radius 3 is 2.17 bits per heavy atom. The molecular weight excluding hydrogens is 448 g/mol. The highest BCUT2D eigenvalue weighted by Crippen LogP contribution is 2.69. The molecule has 2 atom stereocenters. The zero-order valence-electron chi connectivity index (χ0n) is 20.9. The number of carbonyl (C=O) groups is 2.